The van der Waals surface area contributed by atoms with Crippen molar-refractivity contribution in [1.29, 1.82) is 0 Å². The van der Waals surface area contributed by atoms with Gasteiger partial charge in [-0.1, -0.05) is 24.6 Å². The van der Waals surface area contributed by atoms with Gasteiger partial charge in [-0.2, -0.15) is 0 Å². The van der Waals surface area contributed by atoms with E-state index in [1.807, 2.05) is 0 Å². The topological polar surface area (TPSA) is 80.3 Å². The molecule has 0 aromatic heterocycles. The van der Waals surface area contributed by atoms with Gasteiger partial charge in [-0.25, -0.2) is 0 Å². The molecule has 0 radical (unpaired) electrons. The Hall–Kier alpha value is 1.64. The molecule has 4 nitrogen and oxygen atoms in total. The number of carboxylic acid groups (broad SMARTS) is 2. The van der Waals surface area contributed by atoms with Gasteiger partial charge in [-0.3, -0.25) is 0 Å². The summed E-state index contributed by atoms with van der Waals surface area (Å²) in [6, 6.07) is 0. The average Bonchev–Trinajstić information content (AvgIpc) is 1.99. The molecule has 0 N–H and O–H groups in total. The van der Waals surface area contributed by atoms with E-state index in [1.165, 1.54) is 0 Å². The fraction of sp³-hybridized carbons (Fsp3) is 0.667. The van der Waals surface area contributed by atoms with E-state index in [9.17, 15) is 19.8 Å². The van der Waals surface area contributed by atoms with E-state index < -0.39 is 19.7 Å². The van der Waals surface area contributed by atoms with Gasteiger partial charge in [-0.15, -0.1) is 9.06 Å². The maximum absolute atomic E-state index is 10.6. The van der Waals surface area contributed by atoms with Crippen LogP contribution in [0.2, 0.25) is 0 Å². The van der Waals surface area contributed by atoms with E-state index in [-0.39, 0.29) is 59.1 Å². The zero-order chi connectivity index (χ0) is 9.78. The van der Waals surface area contributed by atoms with Crippen molar-refractivity contribution in [1.82, 2.24) is 0 Å². The van der Waals surface area contributed by atoms with Gasteiger partial charge in [0, 0.05) is 0 Å². The van der Waals surface area contributed by atoms with Gasteiger partial charge in [0.05, 0.1) is 5.30 Å². The number of hydrogen-bond acceptors (Lipinski definition) is 5. The van der Waals surface area contributed by atoms with Crippen LogP contribution < -0.4 is 69.3 Å². The molecule has 0 aromatic rings. The van der Waals surface area contributed by atoms with Gasteiger partial charge in [0.25, 0.3) is 0 Å². The summed E-state index contributed by atoms with van der Waals surface area (Å²) in [5.41, 5.74) is 0. The summed E-state index contributed by atoms with van der Waals surface area (Å²) in [5, 5.41) is 18.2. The van der Waals surface area contributed by atoms with Crippen LogP contribution in [0.3, 0.4) is 0 Å². The molecule has 0 unspecified atom stereocenters. The monoisotopic (exact) mass is 256 g/mol. The SMILES string of the molecule is CCS(CC)(SC(=O)[O-])C(=O)[O-].[Na+].[Na+]. The Morgan fingerprint density at radius 2 is 1.50 bits per heavy atom. The first-order valence-corrected chi connectivity index (χ1v) is 6.69. The Morgan fingerprint density at radius 3 is 1.57 bits per heavy atom. The molecule has 0 spiro atoms. The number of carbonyl (C=O) groups is 2. The summed E-state index contributed by atoms with van der Waals surface area (Å²) in [6.45, 7) is 3.29. The third-order valence-electron chi connectivity index (χ3n) is 1.46. The Kier molecular flexibility index (Phi) is 14.7. The Balaban J connectivity index is -0.000000605. The van der Waals surface area contributed by atoms with Crippen molar-refractivity contribution in [3.8, 4) is 0 Å². The van der Waals surface area contributed by atoms with Crippen LogP contribution in [0.5, 0.6) is 0 Å². The molecule has 0 heterocycles. The molecule has 0 aliphatic rings. The normalized spacial score (nSPS) is 10.7. The van der Waals surface area contributed by atoms with Crippen molar-refractivity contribution in [2.75, 3.05) is 11.5 Å². The van der Waals surface area contributed by atoms with Crippen LogP contribution in [0.15, 0.2) is 0 Å². The largest absolute Gasteiger partial charge is 1.00 e. The molecule has 0 saturated carbocycles. The van der Waals surface area contributed by atoms with Gasteiger partial charge in [0.1, 0.15) is 5.30 Å². The maximum atomic E-state index is 10.6. The van der Waals surface area contributed by atoms with E-state index in [0.29, 0.717) is 22.3 Å². The van der Waals surface area contributed by atoms with Gasteiger partial charge in [0.15, 0.2) is 0 Å². The molecule has 0 fully saturated rings. The van der Waals surface area contributed by atoms with E-state index >= 15 is 0 Å². The molecule has 0 bridgehead atoms. The smallest absolute Gasteiger partial charge is 0.539 e. The zero-order valence-electron chi connectivity index (χ0n) is 8.86. The second kappa shape index (κ2) is 9.84. The van der Waals surface area contributed by atoms with E-state index in [4.69, 9.17) is 0 Å². The molecule has 0 aliphatic heterocycles. The Labute approximate surface area is 133 Å². The van der Waals surface area contributed by atoms with Crippen molar-refractivity contribution < 1.29 is 78.9 Å². The molecule has 0 aliphatic carbocycles. The minimum absolute atomic E-state index is 0. The van der Waals surface area contributed by atoms with Crippen molar-refractivity contribution in [3.63, 3.8) is 0 Å². The molecular weight excluding hydrogens is 246 g/mol. The summed E-state index contributed by atoms with van der Waals surface area (Å²) in [5.74, 6) is 0.592. The molecule has 0 saturated heterocycles. The summed E-state index contributed by atoms with van der Waals surface area (Å²) in [4.78, 5) is 20.9. The molecule has 0 aromatic carbocycles. The number of carbonyl (C=O) groups excluding carboxylic acids is 2. The second-order valence-corrected chi connectivity index (χ2v) is 8.00. The fourth-order valence-electron chi connectivity index (χ4n) is 0.722. The fourth-order valence-corrected chi connectivity index (χ4v) is 3.86. The first-order chi connectivity index (χ1) is 5.48. The van der Waals surface area contributed by atoms with Gasteiger partial charge < -0.3 is 19.8 Å². The minimum Gasteiger partial charge on any atom is -0.539 e. The number of rotatable bonds is 2. The minimum atomic E-state index is -2.23. The Bertz CT molecular complexity index is 196. The van der Waals surface area contributed by atoms with Crippen LogP contribution in [0, 0.1) is 0 Å². The third-order valence-corrected chi connectivity index (χ3v) is 7.58. The quantitative estimate of drug-likeness (QED) is 0.363. The molecule has 0 rings (SSSR count). The summed E-state index contributed by atoms with van der Waals surface area (Å²) >= 11 is 0. The van der Waals surface area contributed by atoms with Crippen LogP contribution in [0.1, 0.15) is 13.8 Å². The van der Waals surface area contributed by atoms with Crippen LogP contribution in [-0.2, 0) is 0 Å². The van der Waals surface area contributed by atoms with Crippen molar-refractivity contribution in [2.24, 2.45) is 0 Å². The van der Waals surface area contributed by atoms with E-state index in [0.717, 1.165) is 0 Å². The molecule has 14 heavy (non-hydrogen) atoms. The second-order valence-electron chi connectivity index (χ2n) is 1.97. The first-order valence-electron chi connectivity index (χ1n) is 3.38. The van der Waals surface area contributed by atoms with Gasteiger partial charge >= 0.3 is 59.1 Å². The van der Waals surface area contributed by atoms with Crippen molar-refractivity contribution in [2.45, 2.75) is 13.8 Å². The molecule has 72 valence electrons. The zero-order valence-corrected chi connectivity index (χ0v) is 14.5. The third kappa shape index (κ3) is 6.27. The van der Waals surface area contributed by atoms with Crippen LogP contribution in [0.25, 0.3) is 0 Å². The summed E-state index contributed by atoms with van der Waals surface area (Å²) < 4.78 is 0. The van der Waals surface area contributed by atoms with Crippen molar-refractivity contribution >= 4 is 30.5 Å². The van der Waals surface area contributed by atoms with Gasteiger partial charge in [0.2, 0.25) is 0 Å². The molecule has 0 atom stereocenters. The summed E-state index contributed by atoms with van der Waals surface area (Å²) in [7, 11) is -1.85. The Morgan fingerprint density at radius 1 is 1.14 bits per heavy atom. The summed E-state index contributed by atoms with van der Waals surface area (Å²) in [6.07, 6.45) is 0. The first kappa shape index (κ1) is 21.0. The predicted molar refractivity (Wildman–Crippen MR) is 47.1 cm³/mol. The van der Waals surface area contributed by atoms with Crippen LogP contribution in [0.4, 0.5) is 9.59 Å². The standard InChI is InChI=1S/C6H12O4S2.2Na/c1-3-12(4-2,6(9)10)11-5(7)8;;/h3-4H2,1-2H3,(H,7,8)(H,9,10);;/q;2*+1/p-2. The molecule has 0 amide bonds. The van der Waals surface area contributed by atoms with Crippen LogP contribution >= 0.6 is 19.9 Å². The molecular formula is C6H10Na2O4S2. The molecule has 8 heteroatoms. The number of hydrogen-bond donors (Lipinski definition) is 0. The van der Waals surface area contributed by atoms with E-state index in [1.54, 1.807) is 13.8 Å². The average molecular weight is 256 g/mol. The predicted octanol–water partition coefficient (Wildman–Crippen LogP) is -5.83. The van der Waals surface area contributed by atoms with E-state index in [2.05, 4.69) is 0 Å². The van der Waals surface area contributed by atoms with Gasteiger partial charge in [-0.05, 0) is 11.5 Å². The maximum Gasteiger partial charge on any atom is 1.00 e. The van der Waals surface area contributed by atoms with Crippen LogP contribution in [-0.4, -0.2) is 22.1 Å². The van der Waals surface area contributed by atoms with Crippen molar-refractivity contribution in [3.05, 3.63) is 0 Å².